The Morgan fingerprint density at radius 2 is 1.53 bits per heavy atom. The van der Waals surface area contributed by atoms with Gasteiger partial charge in [-0.15, -0.1) is 0 Å². The maximum Gasteiger partial charge on any atom is 0.237 e. The molecule has 0 unspecified atom stereocenters. The van der Waals surface area contributed by atoms with E-state index in [1.54, 1.807) is 13.8 Å². The maximum absolute atomic E-state index is 12.5. The first kappa shape index (κ1) is 16.0. The van der Waals surface area contributed by atoms with Crippen molar-refractivity contribution in [1.29, 1.82) is 0 Å². The number of piperidine rings is 1. The van der Waals surface area contributed by atoms with E-state index in [9.17, 15) is 9.59 Å². The minimum atomic E-state index is -0.992. The summed E-state index contributed by atoms with van der Waals surface area (Å²) in [5.74, 6) is 0.431. The predicted molar refractivity (Wildman–Crippen MR) is 76.7 cm³/mol. The van der Waals surface area contributed by atoms with E-state index < -0.39 is 5.41 Å². The van der Waals surface area contributed by atoms with Crippen LogP contribution in [0.15, 0.2) is 0 Å². The number of carbonyl (C=O) groups excluding carboxylic acids is 2. The molecule has 0 spiro atoms. The third-order valence-electron chi connectivity index (χ3n) is 3.66. The van der Waals surface area contributed by atoms with Crippen LogP contribution in [0.5, 0.6) is 0 Å². The van der Waals surface area contributed by atoms with Crippen molar-refractivity contribution < 1.29 is 9.59 Å². The number of carbonyl (C=O) groups is 2. The molecular weight excluding hydrogens is 240 g/mol. The van der Waals surface area contributed by atoms with Crippen molar-refractivity contribution >= 4 is 11.8 Å². The molecule has 110 valence electrons. The van der Waals surface area contributed by atoms with Gasteiger partial charge in [0.25, 0.3) is 0 Å². The van der Waals surface area contributed by atoms with Crippen LogP contribution in [0.3, 0.4) is 0 Å². The molecule has 0 atom stereocenters. The lowest BCUT2D eigenvalue weighted by atomic mass is 9.87. The summed E-state index contributed by atoms with van der Waals surface area (Å²) in [7, 11) is 0. The Kier molecular flexibility index (Phi) is 4.64. The molecule has 1 N–H and O–H groups in total. The fourth-order valence-corrected chi connectivity index (χ4v) is 2.20. The van der Waals surface area contributed by atoms with Crippen LogP contribution in [0.1, 0.15) is 54.4 Å². The van der Waals surface area contributed by atoms with Gasteiger partial charge in [-0.2, -0.15) is 0 Å². The first-order valence-electron chi connectivity index (χ1n) is 7.16. The van der Waals surface area contributed by atoms with Crippen LogP contribution < -0.4 is 5.32 Å². The predicted octanol–water partition coefficient (Wildman–Crippen LogP) is 2.19. The second-order valence-electron chi connectivity index (χ2n) is 7.30. The minimum Gasteiger partial charge on any atom is -0.351 e. The lowest BCUT2D eigenvalue weighted by Gasteiger charge is -2.36. The van der Waals surface area contributed by atoms with E-state index in [1.807, 2.05) is 25.7 Å². The second kappa shape index (κ2) is 5.51. The Hall–Kier alpha value is -1.06. The van der Waals surface area contributed by atoms with Gasteiger partial charge in [0.1, 0.15) is 5.41 Å². The Bertz CT molecular complexity index is 348. The van der Waals surface area contributed by atoms with E-state index in [1.165, 1.54) is 0 Å². The summed E-state index contributed by atoms with van der Waals surface area (Å²) in [6.45, 7) is 13.0. The first-order chi connectivity index (χ1) is 8.54. The summed E-state index contributed by atoms with van der Waals surface area (Å²) in [5, 5.41) is 2.90. The van der Waals surface area contributed by atoms with Crippen molar-refractivity contribution in [2.45, 2.75) is 59.9 Å². The molecule has 0 aromatic carbocycles. The van der Waals surface area contributed by atoms with Gasteiger partial charge in [-0.1, -0.05) is 6.92 Å². The van der Waals surface area contributed by atoms with Gasteiger partial charge in [-0.05, 0) is 53.4 Å². The van der Waals surface area contributed by atoms with Gasteiger partial charge in [0, 0.05) is 18.6 Å². The first-order valence-corrected chi connectivity index (χ1v) is 7.16. The molecule has 1 aliphatic heterocycles. The molecule has 4 heteroatoms. The number of hydrogen-bond donors (Lipinski definition) is 1. The number of rotatable bonds is 2. The molecule has 0 radical (unpaired) electrons. The molecule has 1 fully saturated rings. The summed E-state index contributed by atoms with van der Waals surface area (Å²) < 4.78 is 0. The molecule has 0 aromatic rings. The molecule has 1 heterocycles. The SMILES string of the molecule is CC1CCN(C(=O)C(C)(C)C(=O)NC(C)(C)C)CC1. The molecule has 19 heavy (non-hydrogen) atoms. The third-order valence-corrected chi connectivity index (χ3v) is 3.66. The Labute approximate surface area is 116 Å². The molecule has 0 bridgehead atoms. The van der Waals surface area contributed by atoms with Crippen molar-refractivity contribution in [3.63, 3.8) is 0 Å². The lowest BCUT2D eigenvalue weighted by molar-refractivity contribution is -0.150. The highest BCUT2D eigenvalue weighted by Crippen LogP contribution is 2.24. The van der Waals surface area contributed by atoms with Crippen LogP contribution in [-0.2, 0) is 9.59 Å². The summed E-state index contributed by atoms with van der Waals surface area (Å²) >= 11 is 0. The van der Waals surface area contributed by atoms with Crippen LogP contribution in [0.4, 0.5) is 0 Å². The van der Waals surface area contributed by atoms with Gasteiger partial charge in [0.05, 0.1) is 0 Å². The van der Waals surface area contributed by atoms with Crippen LogP contribution >= 0.6 is 0 Å². The van der Waals surface area contributed by atoms with Gasteiger partial charge >= 0.3 is 0 Å². The summed E-state index contributed by atoms with van der Waals surface area (Å²) in [6.07, 6.45) is 2.06. The minimum absolute atomic E-state index is 0.0545. The van der Waals surface area contributed by atoms with E-state index in [0.717, 1.165) is 25.9 Å². The third kappa shape index (κ3) is 4.22. The Balaban J connectivity index is 2.70. The standard InChI is InChI=1S/C15H28N2O2/c1-11-7-9-17(10-8-11)13(19)15(5,6)12(18)16-14(2,3)4/h11H,7-10H2,1-6H3,(H,16,18). The van der Waals surface area contributed by atoms with Crippen molar-refractivity contribution in [3.05, 3.63) is 0 Å². The van der Waals surface area contributed by atoms with Crippen molar-refractivity contribution in [1.82, 2.24) is 10.2 Å². The fraction of sp³-hybridized carbons (Fsp3) is 0.867. The van der Waals surface area contributed by atoms with Gasteiger partial charge in [0.2, 0.25) is 11.8 Å². The van der Waals surface area contributed by atoms with E-state index in [4.69, 9.17) is 0 Å². The zero-order chi connectivity index (χ0) is 14.8. The molecule has 1 rings (SSSR count). The highest BCUT2D eigenvalue weighted by atomic mass is 16.2. The van der Waals surface area contributed by atoms with Gasteiger partial charge < -0.3 is 10.2 Å². The molecule has 2 amide bonds. The van der Waals surface area contributed by atoms with Crippen molar-refractivity contribution in [2.24, 2.45) is 11.3 Å². The van der Waals surface area contributed by atoms with Crippen LogP contribution in [-0.4, -0.2) is 35.3 Å². The maximum atomic E-state index is 12.5. The number of nitrogens with zero attached hydrogens (tertiary/aromatic N) is 1. The smallest absolute Gasteiger partial charge is 0.237 e. The van der Waals surface area contributed by atoms with Crippen molar-refractivity contribution in [2.75, 3.05) is 13.1 Å². The largest absolute Gasteiger partial charge is 0.351 e. The van der Waals surface area contributed by atoms with Crippen LogP contribution in [0, 0.1) is 11.3 Å². The number of nitrogens with one attached hydrogen (secondary N) is 1. The fourth-order valence-electron chi connectivity index (χ4n) is 2.20. The van der Waals surface area contributed by atoms with E-state index in [0.29, 0.717) is 5.92 Å². The van der Waals surface area contributed by atoms with E-state index >= 15 is 0 Å². The van der Waals surface area contributed by atoms with Gasteiger partial charge in [-0.25, -0.2) is 0 Å². The molecule has 0 saturated carbocycles. The van der Waals surface area contributed by atoms with Gasteiger partial charge in [0.15, 0.2) is 0 Å². The number of amides is 2. The van der Waals surface area contributed by atoms with E-state index in [-0.39, 0.29) is 17.4 Å². The zero-order valence-electron chi connectivity index (χ0n) is 13.2. The molecule has 1 aliphatic rings. The van der Waals surface area contributed by atoms with Crippen LogP contribution in [0.25, 0.3) is 0 Å². The highest BCUT2D eigenvalue weighted by Gasteiger charge is 2.40. The molecular formula is C15H28N2O2. The molecule has 1 saturated heterocycles. The Morgan fingerprint density at radius 1 is 1.05 bits per heavy atom. The molecule has 0 aromatic heterocycles. The van der Waals surface area contributed by atoms with Crippen LogP contribution in [0.2, 0.25) is 0 Å². The molecule has 4 nitrogen and oxygen atoms in total. The second-order valence-corrected chi connectivity index (χ2v) is 7.30. The highest BCUT2D eigenvalue weighted by molar-refractivity contribution is 6.04. The quantitative estimate of drug-likeness (QED) is 0.780. The zero-order valence-corrected chi connectivity index (χ0v) is 13.2. The number of likely N-dealkylation sites (tertiary alicyclic amines) is 1. The average Bonchev–Trinajstić information content (AvgIpc) is 2.26. The normalized spacial score (nSPS) is 18.3. The monoisotopic (exact) mass is 268 g/mol. The van der Waals surface area contributed by atoms with E-state index in [2.05, 4.69) is 12.2 Å². The Morgan fingerprint density at radius 3 is 1.95 bits per heavy atom. The average molecular weight is 268 g/mol. The summed E-state index contributed by atoms with van der Waals surface area (Å²) in [5.41, 5.74) is -1.31. The lowest BCUT2D eigenvalue weighted by Crippen LogP contribution is -2.54. The van der Waals surface area contributed by atoms with Gasteiger partial charge in [-0.3, -0.25) is 9.59 Å². The summed E-state index contributed by atoms with van der Waals surface area (Å²) in [4.78, 5) is 26.6. The molecule has 0 aliphatic carbocycles. The topological polar surface area (TPSA) is 49.4 Å². The number of hydrogen-bond acceptors (Lipinski definition) is 2. The summed E-state index contributed by atoms with van der Waals surface area (Å²) in [6, 6.07) is 0. The van der Waals surface area contributed by atoms with Crippen molar-refractivity contribution in [3.8, 4) is 0 Å².